The number of carbonyl (C=O) groups is 19. The smallest absolute Gasteiger partial charge is 0.305 e. The minimum atomic E-state index is -2.12. The maximum absolute atomic E-state index is 15.3. The van der Waals surface area contributed by atoms with Gasteiger partial charge in [0.1, 0.15) is 96.1 Å². The van der Waals surface area contributed by atoms with Gasteiger partial charge in [0.15, 0.2) is 0 Å². The Morgan fingerprint density at radius 2 is 0.933 bits per heavy atom. The minimum absolute atomic E-state index is 0.0678. The van der Waals surface area contributed by atoms with Crippen molar-refractivity contribution in [2.24, 2.45) is 17.6 Å². The molecule has 8 rings (SSSR count). The number of amides is 16. The molecule has 43 nitrogen and oxygen atoms in total. The van der Waals surface area contributed by atoms with E-state index in [1.54, 1.807) is 107 Å². The van der Waals surface area contributed by atoms with Crippen LogP contribution in [0.2, 0.25) is 0 Å². The predicted octanol–water partition coefficient (Wildman–Crippen LogP) is -3.33. The number of primary amides is 1. The van der Waals surface area contributed by atoms with E-state index in [9.17, 15) is 118 Å². The molecule has 16 amide bonds. The number of carboxylic acids is 3. The molecule has 25 N–H and O–H groups in total. The summed E-state index contributed by atoms with van der Waals surface area (Å²) in [6, 6.07) is 8.40. The summed E-state index contributed by atoms with van der Waals surface area (Å²) in [6.45, 7) is 5.06. The number of phenols is 2. The van der Waals surface area contributed by atoms with Gasteiger partial charge in [0.05, 0.1) is 32.8 Å². The summed E-state index contributed by atoms with van der Waals surface area (Å²) in [4.78, 5) is 263. The highest BCUT2D eigenvalue weighted by molar-refractivity contribution is 7.98. The topological polar surface area (TPSA) is 693 Å². The lowest BCUT2D eigenvalue weighted by atomic mass is 9.98. The number of aliphatic hydroxyl groups is 3. The van der Waals surface area contributed by atoms with E-state index in [1.807, 2.05) is 0 Å². The van der Waals surface area contributed by atoms with Crippen molar-refractivity contribution < 1.29 is 132 Å². The van der Waals surface area contributed by atoms with Gasteiger partial charge in [-0.1, -0.05) is 137 Å². The summed E-state index contributed by atoms with van der Waals surface area (Å²) in [7, 11) is 0. The van der Waals surface area contributed by atoms with Gasteiger partial charge < -0.3 is 126 Å². The van der Waals surface area contributed by atoms with Crippen LogP contribution in [-0.2, 0) is 122 Å². The van der Waals surface area contributed by atoms with Crippen molar-refractivity contribution in [3.63, 3.8) is 0 Å². The molecule has 5 aromatic carbocycles. The van der Waals surface area contributed by atoms with Crippen molar-refractivity contribution in [3.05, 3.63) is 155 Å². The van der Waals surface area contributed by atoms with Crippen LogP contribution in [0.4, 0.5) is 0 Å². The molecule has 3 heterocycles. The Balaban J connectivity index is 1.45. The molecule has 0 saturated heterocycles. The molecule has 0 aromatic heterocycles. The second-order valence-electron chi connectivity index (χ2n) is 32.2. The van der Waals surface area contributed by atoms with Gasteiger partial charge in [-0.3, -0.25) is 91.1 Å². The van der Waals surface area contributed by atoms with Gasteiger partial charge in [0, 0.05) is 62.0 Å². The number of thioether (sulfide) groups is 2. The number of fused-ring (bicyclic) bond motifs is 2. The van der Waals surface area contributed by atoms with Crippen LogP contribution in [-0.4, -0.2) is 276 Å². The van der Waals surface area contributed by atoms with E-state index in [2.05, 4.69) is 79.8 Å². The number of rotatable bonds is 37. The molecule has 45 heteroatoms. The number of aromatic hydroxyl groups is 2. The van der Waals surface area contributed by atoms with E-state index in [1.165, 1.54) is 55.5 Å². The predicted molar refractivity (Wildman–Crippen MR) is 485 cm³/mol. The normalized spacial score (nSPS) is 19.6. The highest BCUT2D eigenvalue weighted by Gasteiger charge is 2.40. The molecular formula is C89H116N16O27S2. The summed E-state index contributed by atoms with van der Waals surface area (Å²) in [5.74, 6) is -24.1. The van der Waals surface area contributed by atoms with Crippen molar-refractivity contribution in [1.82, 2.24) is 79.8 Å². The van der Waals surface area contributed by atoms with Crippen molar-refractivity contribution in [2.75, 3.05) is 37.9 Å². The van der Waals surface area contributed by atoms with Crippen LogP contribution >= 0.6 is 23.5 Å². The van der Waals surface area contributed by atoms with Crippen LogP contribution in [0.15, 0.2) is 127 Å². The lowest BCUT2D eigenvalue weighted by molar-refractivity contribution is -0.141. The summed E-state index contributed by atoms with van der Waals surface area (Å²) in [6.07, 6.45) is -5.21. The first-order chi connectivity index (χ1) is 63.6. The van der Waals surface area contributed by atoms with E-state index >= 15 is 14.4 Å². The quantitative estimate of drug-likeness (QED) is 0.0185. The van der Waals surface area contributed by atoms with Crippen molar-refractivity contribution in [1.29, 1.82) is 0 Å². The van der Waals surface area contributed by atoms with Crippen molar-refractivity contribution in [3.8, 4) is 22.6 Å². The van der Waals surface area contributed by atoms with Crippen LogP contribution in [0.3, 0.4) is 0 Å². The molecule has 5 aromatic rings. The molecule has 15 atom stereocenters. The maximum Gasteiger partial charge on any atom is 0.305 e. The molecule has 134 heavy (non-hydrogen) atoms. The van der Waals surface area contributed by atoms with Crippen LogP contribution in [0.25, 0.3) is 11.1 Å². The lowest BCUT2D eigenvalue weighted by Crippen LogP contribution is -2.61. The number of carbonyl (C=O) groups excluding carboxylic acids is 16. The fourth-order valence-corrected chi connectivity index (χ4v) is 15.4. The number of nitrogens with one attached hydrogen (secondary N) is 15. The molecule has 0 fully saturated rings. The van der Waals surface area contributed by atoms with E-state index in [-0.39, 0.29) is 52.7 Å². The highest BCUT2D eigenvalue weighted by Crippen LogP contribution is 2.26. The third-order valence-corrected chi connectivity index (χ3v) is 23.2. The molecular weight excluding hydrogens is 1790 g/mol. The van der Waals surface area contributed by atoms with Gasteiger partial charge in [-0.2, -0.15) is 23.5 Å². The fraction of sp³-hybridized carbons (Fsp3) is 0.449. The van der Waals surface area contributed by atoms with Crippen LogP contribution < -0.4 is 85.5 Å². The second kappa shape index (κ2) is 54.9. The summed E-state index contributed by atoms with van der Waals surface area (Å²) < 4.78 is 0. The molecule has 3 aliphatic heterocycles. The summed E-state index contributed by atoms with van der Waals surface area (Å²) in [5, 5.41) is 117. The van der Waals surface area contributed by atoms with Gasteiger partial charge in [-0.05, 0) is 101 Å². The van der Waals surface area contributed by atoms with E-state index in [0.717, 1.165) is 30.4 Å². The van der Waals surface area contributed by atoms with Gasteiger partial charge in [-0.15, -0.1) is 0 Å². The fourth-order valence-electron chi connectivity index (χ4n) is 13.4. The van der Waals surface area contributed by atoms with Gasteiger partial charge in [0.25, 0.3) is 0 Å². The molecule has 726 valence electrons. The largest absolute Gasteiger partial charge is 0.508 e. The molecule has 0 unspecified atom stereocenters. The zero-order valence-electron chi connectivity index (χ0n) is 74.3. The number of benzene rings is 5. The molecule has 4 bridgehead atoms. The molecule has 0 saturated carbocycles. The standard InChI is InChI=1S/C89H116N16O27S2/c1-7-47(4)75(93-49(6)109)89(132)103-68(41-108)86(129)101-62(34-50-11-9-8-10-12-50)83(126)104-69-44-133-42-53-13-21-55(22-14-53)56-23-15-54(16-24-56)43-134-45-70(88(131)96-60(30-32-73(115)116)80(123)102-67(40-107)78(121)91-38-71(112)94-66(39-106)76(90)119)105-84(127)64(36-52-19-27-58(111)28-20-52)99-82(125)63(35-51-17-25-57(110)26-18-51)100-85(128)65(37-74(117)118)97-77(120)48(5)92-81(124)61(33-46(2)3)98-79(122)59(95-87(69)130)29-31-72(113)114/h8-28,46-48,59-70,75,106-108,110-111H,7,29-45H2,1-6H3,(H2,90,119)(H,91,121)(H,92,124)(H,93,109)(H,94,112)(H,95,130)(H,96,131)(H,97,120)(H,98,122)(H,99,125)(H,100,128)(H,101,129)(H,102,123)(H,103,132)(H,104,126)(H,105,127)(H,113,114)(H,115,116)(H,117,118)/t47-,48-,59-,60-,61-,62-,63-,64-,65-,66-,67-,68-,69+,70-,75-/m0/s1. The molecule has 3 aliphatic rings. The number of phenolic OH excluding ortho intramolecular Hbond substituents is 2. The number of carboxylic acid groups (broad SMARTS) is 3. The summed E-state index contributed by atoms with van der Waals surface area (Å²) >= 11 is 2.13. The Morgan fingerprint density at radius 3 is 1.44 bits per heavy atom. The van der Waals surface area contributed by atoms with Crippen LogP contribution in [0, 0.1) is 11.8 Å². The van der Waals surface area contributed by atoms with E-state index < -0.39 is 286 Å². The molecule has 0 radical (unpaired) electrons. The Morgan fingerprint density at radius 1 is 0.463 bits per heavy atom. The van der Waals surface area contributed by atoms with E-state index in [4.69, 9.17) is 5.73 Å². The third-order valence-electron chi connectivity index (χ3n) is 21.0. The zero-order valence-corrected chi connectivity index (χ0v) is 76.0. The van der Waals surface area contributed by atoms with Gasteiger partial charge >= 0.3 is 17.9 Å². The monoisotopic (exact) mass is 1900 g/mol. The zero-order chi connectivity index (χ0) is 99.0. The average molecular weight is 1910 g/mol. The number of aliphatic carboxylic acids is 3. The van der Waals surface area contributed by atoms with Gasteiger partial charge in [0.2, 0.25) is 94.5 Å². The second-order valence-corrected chi connectivity index (χ2v) is 34.3. The first-order valence-corrected chi connectivity index (χ1v) is 45.1. The van der Waals surface area contributed by atoms with E-state index in [0.29, 0.717) is 34.2 Å². The summed E-state index contributed by atoms with van der Waals surface area (Å²) in [5.41, 5.74) is 8.74. The minimum Gasteiger partial charge on any atom is -0.508 e. The molecule has 0 aliphatic carbocycles. The third kappa shape index (κ3) is 37.1. The maximum atomic E-state index is 15.3. The Kier molecular flexibility index (Phi) is 44.6. The average Bonchev–Trinajstić information content (AvgIpc) is 0.843. The highest BCUT2D eigenvalue weighted by atomic mass is 32.2. The number of hydrogen-bond acceptors (Lipinski definition) is 26. The Hall–Kier alpha value is -13.8. The van der Waals surface area contributed by atoms with Crippen LogP contribution in [0.1, 0.15) is 114 Å². The Labute approximate surface area is 778 Å². The molecule has 0 spiro atoms. The first-order valence-electron chi connectivity index (χ1n) is 42.8. The van der Waals surface area contributed by atoms with Crippen molar-refractivity contribution >= 4 is 136 Å². The van der Waals surface area contributed by atoms with Crippen LogP contribution in [0.5, 0.6) is 11.5 Å². The number of hydrogen-bond donors (Lipinski definition) is 24. The Bertz CT molecular complexity index is 4930. The lowest BCUT2D eigenvalue weighted by Gasteiger charge is -2.28. The number of aliphatic hydroxyl groups excluding tert-OH is 3. The number of nitrogens with two attached hydrogens (primary N) is 1. The first kappa shape index (κ1) is 109. The van der Waals surface area contributed by atoms with Gasteiger partial charge in [-0.25, -0.2) is 0 Å². The van der Waals surface area contributed by atoms with Crippen molar-refractivity contribution in [2.45, 2.75) is 202 Å². The SMILES string of the molecule is CC[C@H](C)[C@H](NC(C)=O)C(=O)N[C@@H](CO)C(=O)N[C@@H](Cc1ccccc1)C(=O)N[C@@H]1CSCc2ccc(cc2)-c2ccc(cc2)CSC[C@@H](C(=O)N[C@@H](CCC(=O)O)C(=O)N[C@@H](CO)C(=O)NCC(=O)N[C@@H](CO)C(N)=O)NC(=O)[C@H](Cc2ccc(O)cc2)NC(=O)[C@H](Cc2ccc(O)cc2)NC(=O)[C@H](CC(=O)O)NC(=O)[C@H](C)NC(=O)[C@H](CC(C)C)NC(=O)[C@H](CCC(=O)O)NC1=O.